The first-order valence-corrected chi connectivity index (χ1v) is 5.05. The zero-order chi connectivity index (χ0) is 14.4. The first kappa shape index (κ1) is 14.2. The van der Waals surface area contributed by atoms with Gasteiger partial charge in [0, 0.05) is 26.4 Å². The van der Waals surface area contributed by atoms with Gasteiger partial charge in [0.2, 0.25) is 0 Å². The maximum atomic E-state index is 10.9. The van der Waals surface area contributed by atoms with Crippen LogP contribution in [-0.2, 0) is 14.1 Å². The minimum Gasteiger partial charge on any atom is -0.302 e. The molecule has 0 spiro atoms. The van der Waals surface area contributed by atoms with Gasteiger partial charge in [-0.2, -0.15) is 0 Å². The summed E-state index contributed by atoms with van der Waals surface area (Å²) in [6, 6.07) is 1.42. The molecule has 0 atom stereocenters. The van der Waals surface area contributed by atoms with Crippen molar-refractivity contribution in [2.75, 3.05) is 0 Å². The summed E-state index contributed by atoms with van der Waals surface area (Å²) >= 11 is 0. The molecule has 9 nitrogen and oxygen atoms in total. The molecule has 0 saturated carbocycles. The molecule has 0 bridgehead atoms. The van der Waals surface area contributed by atoms with E-state index in [2.05, 4.69) is 9.97 Å². The number of rotatable bonds is 1. The van der Waals surface area contributed by atoms with Gasteiger partial charge in [-0.1, -0.05) is 0 Å². The third kappa shape index (κ3) is 3.84. The van der Waals surface area contributed by atoms with E-state index in [1.165, 1.54) is 36.5 Å². The van der Waals surface area contributed by atoms with Crippen LogP contribution in [0.15, 0.2) is 40.7 Å². The molecule has 0 aromatic carbocycles. The van der Waals surface area contributed by atoms with Crippen molar-refractivity contribution < 1.29 is 4.92 Å². The molecule has 0 unspecified atom stereocenters. The normalized spacial score (nSPS) is 9.37. The Hall–Kier alpha value is -2.84. The van der Waals surface area contributed by atoms with E-state index in [0.29, 0.717) is 0 Å². The molecule has 2 heterocycles. The molecular weight excluding hydrogens is 254 g/mol. The van der Waals surface area contributed by atoms with Gasteiger partial charge in [0.1, 0.15) is 6.20 Å². The Balaban J connectivity index is 0.000000200. The molecule has 0 radical (unpaired) electrons. The monoisotopic (exact) mass is 265 g/mol. The number of aryl methyl sites for hydroxylation is 2. The summed E-state index contributed by atoms with van der Waals surface area (Å²) in [6.07, 6.45) is 5.10. The smallest absolute Gasteiger partial charge is 0.302 e. The van der Waals surface area contributed by atoms with E-state index in [0.717, 1.165) is 10.8 Å². The summed E-state index contributed by atoms with van der Waals surface area (Å²) in [4.78, 5) is 38.0. The highest BCUT2D eigenvalue weighted by molar-refractivity contribution is 5.20. The Morgan fingerprint density at radius 3 is 2.21 bits per heavy atom. The first-order chi connectivity index (χ1) is 8.93. The number of hydrogen-bond donors (Lipinski definition) is 0. The molecular formula is C10H11N5O4. The fraction of sp³-hybridized carbons (Fsp3) is 0.200. The van der Waals surface area contributed by atoms with Crippen LogP contribution < -0.4 is 11.1 Å². The van der Waals surface area contributed by atoms with Crippen molar-refractivity contribution in [1.29, 1.82) is 0 Å². The van der Waals surface area contributed by atoms with E-state index < -0.39 is 16.2 Å². The molecule has 0 amide bonds. The van der Waals surface area contributed by atoms with Crippen molar-refractivity contribution in [2.45, 2.75) is 0 Å². The summed E-state index contributed by atoms with van der Waals surface area (Å²) in [6.45, 7) is 0. The quantitative estimate of drug-likeness (QED) is 0.506. The van der Waals surface area contributed by atoms with Gasteiger partial charge >= 0.3 is 11.2 Å². The highest BCUT2D eigenvalue weighted by Crippen LogP contribution is 1.97. The van der Waals surface area contributed by atoms with Gasteiger partial charge in [0.25, 0.3) is 5.56 Å². The molecule has 9 heteroatoms. The number of hydrogen-bond acceptors (Lipinski definition) is 6. The lowest BCUT2D eigenvalue weighted by Gasteiger charge is -1.92. The molecule has 0 aliphatic heterocycles. The Bertz CT molecular complexity index is 691. The first-order valence-electron chi connectivity index (χ1n) is 5.05. The van der Waals surface area contributed by atoms with E-state index >= 15 is 0 Å². The van der Waals surface area contributed by atoms with Gasteiger partial charge in [-0.05, 0) is 0 Å². The van der Waals surface area contributed by atoms with E-state index in [4.69, 9.17) is 0 Å². The van der Waals surface area contributed by atoms with Crippen molar-refractivity contribution >= 4 is 5.69 Å². The van der Waals surface area contributed by atoms with Gasteiger partial charge in [-0.25, -0.2) is 9.97 Å². The summed E-state index contributed by atoms with van der Waals surface area (Å²) < 4.78 is 2.47. The van der Waals surface area contributed by atoms with Gasteiger partial charge in [0.05, 0.1) is 17.6 Å². The van der Waals surface area contributed by atoms with Crippen LogP contribution in [0.2, 0.25) is 0 Å². The van der Waals surface area contributed by atoms with Crippen LogP contribution in [0.5, 0.6) is 0 Å². The van der Waals surface area contributed by atoms with Crippen LogP contribution in [-0.4, -0.2) is 24.0 Å². The van der Waals surface area contributed by atoms with Crippen molar-refractivity contribution in [2.24, 2.45) is 14.1 Å². The largest absolute Gasteiger partial charge is 0.352 e. The Morgan fingerprint density at radius 1 is 1.16 bits per heavy atom. The standard InChI is InChI=1S/C5H5N3O3.C5H6N2O/c1-7-3-6-2-4(5(7)9)8(10)11;1-7-4-6-3-2-5(7)8/h2-3H,1H3;2-4H,1H3. The molecule has 0 aliphatic carbocycles. The summed E-state index contributed by atoms with van der Waals surface area (Å²) in [5, 5.41) is 10.1. The molecule has 19 heavy (non-hydrogen) atoms. The molecule has 0 aliphatic rings. The SMILES string of the molecule is Cn1cncc([N+](=O)[O-])c1=O.Cn1cnccc1=O. The van der Waals surface area contributed by atoms with E-state index in [1.807, 2.05) is 0 Å². The van der Waals surface area contributed by atoms with Crippen molar-refractivity contribution in [1.82, 2.24) is 19.1 Å². The van der Waals surface area contributed by atoms with Crippen LogP contribution in [0.25, 0.3) is 0 Å². The number of nitrogens with zero attached hydrogens (tertiary/aromatic N) is 5. The second kappa shape index (κ2) is 6.19. The predicted octanol–water partition coefficient (Wildman–Crippen LogP) is -0.531. The van der Waals surface area contributed by atoms with Crippen LogP contribution in [0.4, 0.5) is 5.69 Å². The van der Waals surface area contributed by atoms with Crippen molar-refractivity contribution in [3.63, 3.8) is 0 Å². The second-order valence-electron chi connectivity index (χ2n) is 3.48. The van der Waals surface area contributed by atoms with Crippen molar-refractivity contribution in [3.8, 4) is 0 Å². The number of nitro groups is 1. The van der Waals surface area contributed by atoms with Gasteiger partial charge in [0.15, 0.2) is 0 Å². The average Bonchev–Trinajstić information content (AvgIpc) is 2.37. The highest BCUT2D eigenvalue weighted by Gasteiger charge is 2.11. The Kier molecular flexibility index (Phi) is 4.63. The molecule has 100 valence electrons. The van der Waals surface area contributed by atoms with Crippen LogP contribution in [0.3, 0.4) is 0 Å². The zero-order valence-corrected chi connectivity index (χ0v) is 10.3. The van der Waals surface area contributed by atoms with E-state index in [1.54, 1.807) is 7.05 Å². The summed E-state index contributed by atoms with van der Waals surface area (Å²) in [5.74, 6) is 0. The fourth-order valence-electron chi connectivity index (χ4n) is 1.04. The van der Waals surface area contributed by atoms with Gasteiger partial charge in [-0.15, -0.1) is 0 Å². The van der Waals surface area contributed by atoms with E-state index in [9.17, 15) is 19.7 Å². The summed E-state index contributed by atoms with van der Waals surface area (Å²) in [5.41, 5.74) is -1.18. The lowest BCUT2D eigenvalue weighted by molar-refractivity contribution is -0.386. The average molecular weight is 265 g/mol. The molecule has 0 N–H and O–H groups in total. The lowest BCUT2D eigenvalue weighted by Crippen LogP contribution is -2.19. The van der Waals surface area contributed by atoms with Crippen LogP contribution in [0, 0.1) is 10.1 Å². The maximum absolute atomic E-state index is 10.9. The zero-order valence-electron chi connectivity index (χ0n) is 10.3. The molecule has 2 aromatic heterocycles. The minimum atomic E-state index is -0.755. The topological polar surface area (TPSA) is 113 Å². The second-order valence-corrected chi connectivity index (χ2v) is 3.48. The molecule has 2 rings (SSSR count). The molecule has 0 fully saturated rings. The third-order valence-corrected chi connectivity index (χ3v) is 2.06. The van der Waals surface area contributed by atoms with Gasteiger partial charge in [-0.3, -0.25) is 24.3 Å². The Morgan fingerprint density at radius 2 is 1.79 bits per heavy atom. The Labute approximate surface area is 106 Å². The van der Waals surface area contributed by atoms with Crippen molar-refractivity contribution in [3.05, 3.63) is 61.9 Å². The fourth-order valence-corrected chi connectivity index (χ4v) is 1.04. The predicted molar refractivity (Wildman–Crippen MR) is 65.6 cm³/mol. The van der Waals surface area contributed by atoms with Crippen LogP contribution >= 0.6 is 0 Å². The van der Waals surface area contributed by atoms with Crippen LogP contribution in [0.1, 0.15) is 0 Å². The highest BCUT2D eigenvalue weighted by atomic mass is 16.6. The summed E-state index contributed by atoms with van der Waals surface area (Å²) in [7, 11) is 3.07. The lowest BCUT2D eigenvalue weighted by atomic mass is 10.5. The van der Waals surface area contributed by atoms with Gasteiger partial charge < -0.3 is 4.57 Å². The number of aromatic nitrogens is 4. The maximum Gasteiger partial charge on any atom is 0.352 e. The minimum absolute atomic E-state index is 0.0278. The molecule has 2 aromatic rings. The molecule has 0 saturated heterocycles. The van der Waals surface area contributed by atoms with E-state index in [-0.39, 0.29) is 5.56 Å². The third-order valence-electron chi connectivity index (χ3n) is 2.06.